The largest absolute Gasteiger partial charge is 0.493 e. The summed E-state index contributed by atoms with van der Waals surface area (Å²) in [5.74, 6) is 2.41. The molecule has 138 valence electrons. The second-order valence-electron chi connectivity index (χ2n) is 7.96. The summed E-state index contributed by atoms with van der Waals surface area (Å²) in [4.78, 5) is 2.30. The molecule has 4 heteroatoms. The smallest absolute Gasteiger partial charge is 0.161 e. The summed E-state index contributed by atoms with van der Waals surface area (Å²) in [6.07, 6.45) is 4.85. The number of aliphatic hydroxyl groups is 1. The maximum absolute atomic E-state index is 10.7. The summed E-state index contributed by atoms with van der Waals surface area (Å²) in [5, 5.41) is 10.7. The summed E-state index contributed by atoms with van der Waals surface area (Å²) in [5.41, 5.74) is 2.49. The van der Waals surface area contributed by atoms with Crippen LogP contribution in [0.25, 0.3) is 0 Å². The molecule has 0 amide bonds. The number of aliphatic hydroxyl groups excluding tert-OH is 1. The molecule has 1 saturated heterocycles. The van der Waals surface area contributed by atoms with Gasteiger partial charge in [-0.2, -0.15) is 0 Å². The maximum Gasteiger partial charge on any atom is 0.161 e. The van der Waals surface area contributed by atoms with Gasteiger partial charge >= 0.3 is 0 Å². The standard InChI is InChI=1S/C21H31NO3/c1-14(2)10-15-13-21(8-9-22(3)20(21)12-17(15)23)16-6-7-18(24-4)19(11-16)25-5/h6-7,11-12,14-15,17,23H,8-10,13H2,1-5H3/t15-,17+,21+/m0/s1. The van der Waals surface area contributed by atoms with Crippen molar-refractivity contribution in [3.8, 4) is 11.5 Å². The fourth-order valence-corrected chi connectivity index (χ4v) is 4.70. The first-order chi connectivity index (χ1) is 11.9. The van der Waals surface area contributed by atoms with Crippen molar-refractivity contribution in [2.45, 2.75) is 44.6 Å². The highest BCUT2D eigenvalue weighted by Gasteiger charge is 2.48. The van der Waals surface area contributed by atoms with Gasteiger partial charge in [0.25, 0.3) is 0 Å². The van der Waals surface area contributed by atoms with Crippen LogP contribution in [-0.2, 0) is 5.41 Å². The van der Waals surface area contributed by atoms with E-state index in [0.29, 0.717) is 11.8 Å². The van der Waals surface area contributed by atoms with Gasteiger partial charge in [-0.15, -0.1) is 0 Å². The third kappa shape index (κ3) is 3.12. The van der Waals surface area contributed by atoms with Crippen LogP contribution in [0.5, 0.6) is 11.5 Å². The average molecular weight is 345 g/mol. The van der Waals surface area contributed by atoms with Crippen molar-refractivity contribution in [2.24, 2.45) is 11.8 Å². The summed E-state index contributed by atoms with van der Waals surface area (Å²) >= 11 is 0. The number of ether oxygens (including phenoxy) is 2. The predicted molar refractivity (Wildman–Crippen MR) is 100 cm³/mol. The Morgan fingerprint density at radius 2 is 1.96 bits per heavy atom. The van der Waals surface area contributed by atoms with E-state index < -0.39 is 0 Å². The Bertz CT molecular complexity index is 655. The summed E-state index contributed by atoms with van der Waals surface area (Å²) in [6, 6.07) is 6.29. The number of benzene rings is 1. The number of likely N-dealkylation sites (tertiary alicyclic amines) is 1. The van der Waals surface area contributed by atoms with Crippen molar-refractivity contribution < 1.29 is 14.6 Å². The molecule has 3 rings (SSSR count). The molecule has 1 fully saturated rings. The van der Waals surface area contributed by atoms with Crippen molar-refractivity contribution >= 4 is 0 Å². The normalized spacial score (nSPS) is 28.8. The predicted octanol–water partition coefficient (Wildman–Crippen LogP) is 3.59. The molecule has 1 N–H and O–H groups in total. The monoisotopic (exact) mass is 345 g/mol. The molecule has 25 heavy (non-hydrogen) atoms. The third-order valence-electron chi connectivity index (χ3n) is 5.91. The van der Waals surface area contributed by atoms with Crippen LogP contribution in [0.1, 0.15) is 38.7 Å². The Labute approximate surface area is 151 Å². The molecule has 4 nitrogen and oxygen atoms in total. The summed E-state index contributed by atoms with van der Waals surface area (Å²) in [6.45, 7) is 5.48. The molecule has 1 aromatic carbocycles. The zero-order valence-corrected chi connectivity index (χ0v) is 16.1. The van der Waals surface area contributed by atoms with E-state index in [0.717, 1.165) is 37.3 Å². The zero-order valence-electron chi connectivity index (χ0n) is 16.1. The highest BCUT2D eigenvalue weighted by atomic mass is 16.5. The maximum atomic E-state index is 10.7. The lowest BCUT2D eigenvalue weighted by Gasteiger charge is -2.42. The third-order valence-corrected chi connectivity index (χ3v) is 5.91. The molecular weight excluding hydrogens is 314 g/mol. The van der Waals surface area contributed by atoms with E-state index in [2.05, 4.69) is 44.0 Å². The number of fused-ring (bicyclic) bond motifs is 1. The van der Waals surface area contributed by atoms with Gasteiger partial charge in [0.2, 0.25) is 0 Å². The lowest BCUT2D eigenvalue weighted by atomic mass is 9.65. The number of allylic oxidation sites excluding steroid dienone is 1. The van der Waals surface area contributed by atoms with Gasteiger partial charge in [-0.3, -0.25) is 0 Å². The minimum atomic E-state index is -0.355. The topological polar surface area (TPSA) is 41.9 Å². The number of methoxy groups -OCH3 is 2. The van der Waals surface area contributed by atoms with Crippen LogP contribution in [-0.4, -0.2) is 43.9 Å². The quantitative estimate of drug-likeness (QED) is 0.885. The molecule has 1 aliphatic heterocycles. The van der Waals surface area contributed by atoms with Crippen molar-refractivity contribution in [1.29, 1.82) is 0 Å². The van der Waals surface area contributed by atoms with Crippen molar-refractivity contribution in [2.75, 3.05) is 27.8 Å². The summed E-state index contributed by atoms with van der Waals surface area (Å²) in [7, 11) is 5.48. The molecule has 0 unspecified atom stereocenters. The molecular formula is C21H31NO3. The number of rotatable bonds is 5. The van der Waals surface area contributed by atoms with Gasteiger partial charge in [-0.25, -0.2) is 0 Å². The molecule has 2 aliphatic rings. The Balaban J connectivity index is 2.06. The number of hydrogen-bond donors (Lipinski definition) is 1. The molecule has 1 heterocycles. The van der Waals surface area contributed by atoms with Crippen LogP contribution < -0.4 is 9.47 Å². The Morgan fingerprint density at radius 1 is 1.24 bits per heavy atom. The molecule has 0 spiro atoms. The first-order valence-corrected chi connectivity index (χ1v) is 9.25. The summed E-state index contributed by atoms with van der Waals surface area (Å²) < 4.78 is 11.0. The van der Waals surface area contributed by atoms with Gasteiger partial charge in [0.1, 0.15) is 0 Å². The fraction of sp³-hybridized carbons (Fsp3) is 0.619. The van der Waals surface area contributed by atoms with Crippen molar-refractivity contribution in [3.63, 3.8) is 0 Å². The van der Waals surface area contributed by atoms with Gasteiger partial charge in [0, 0.05) is 24.7 Å². The van der Waals surface area contributed by atoms with E-state index in [-0.39, 0.29) is 11.5 Å². The number of nitrogens with zero attached hydrogens (tertiary/aromatic N) is 1. The second-order valence-corrected chi connectivity index (χ2v) is 7.96. The fourth-order valence-electron chi connectivity index (χ4n) is 4.70. The first kappa shape index (κ1) is 18.1. The SMILES string of the molecule is COc1ccc([C@]23CCN(C)C2=C[C@@H](O)[C@@H](CC(C)C)C3)cc1OC. The average Bonchev–Trinajstić information content (AvgIpc) is 2.91. The van der Waals surface area contributed by atoms with E-state index in [4.69, 9.17) is 9.47 Å². The van der Waals surface area contributed by atoms with Gasteiger partial charge in [0.15, 0.2) is 11.5 Å². The van der Waals surface area contributed by atoms with Crippen LogP contribution in [0.4, 0.5) is 0 Å². The lowest BCUT2D eigenvalue weighted by molar-refractivity contribution is 0.100. The molecule has 0 radical (unpaired) electrons. The molecule has 0 saturated carbocycles. The van der Waals surface area contributed by atoms with Gasteiger partial charge < -0.3 is 19.5 Å². The molecule has 1 aliphatic carbocycles. The van der Waals surface area contributed by atoms with Crippen LogP contribution in [0.3, 0.4) is 0 Å². The molecule has 0 bridgehead atoms. The highest BCUT2D eigenvalue weighted by molar-refractivity contribution is 5.49. The lowest BCUT2D eigenvalue weighted by Crippen LogP contribution is -2.39. The minimum Gasteiger partial charge on any atom is -0.493 e. The molecule has 1 aromatic rings. The van der Waals surface area contributed by atoms with Crippen molar-refractivity contribution in [1.82, 2.24) is 4.90 Å². The zero-order chi connectivity index (χ0) is 18.2. The van der Waals surface area contributed by atoms with E-state index in [1.54, 1.807) is 14.2 Å². The number of hydrogen-bond acceptors (Lipinski definition) is 4. The van der Waals surface area contributed by atoms with Crippen LogP contribution in [0, 0.1) is 11.8 Å². The van der Waals surface area contributed by atoms with Gasteiger partial charge in [0.05, 0.1) is 20.3 Å². The Hall–Kier alpha value is -1.68. The Morgan fingerprint density at radius 3 is 2.60 bits per heavy atom. The van der Waals surface area contributed by atoms with Crippen LogP contribution >= 0.6 is 0 Å². The van der Waals surface area contributed by atoms with Crippen LogP contribution in [0.2, 0.25) is 0 Å². The van der Waals surface area contributed by atoms with Crippen molar-refractivity contribution in [3.05, 3.63) is 35.5 Å². The van der Waals surface area contributed by atoms with E-state index in [1.165, 1.54) is 11.3 Å². The molecule has 3 atom stereocenters. The number of likely N-dealkylation sites (N-methyl/N-ethyl adjacent to an activating group) is 1. The Kier molecular flexibility index (Phi) is 5.01. The van der Waals surface area contributed by atoms with E-state index in [1.807, 2.05) is 6.07 Å². The van der Waals surface area contributed by atoms with Gasteiger partial charge in [-0.05, 0) is 54.9 Å². The second kappa shape index (κ2) is 6.91. The highest BCUT2D eigenvalue weighted by Crippen LogP contribution is 2.52. The van der Waals surface area contributed by atoms with E-state index in [9.17, 15) is 5.11 Å². The first-order valence-electron chi connectivity index (χ1n) is 9.25. The van der Waals surface area contributed by atoms with Crippen LogP contribution in [0.15, 0.2) is 30.0 Å². The minimum absolute atomic E-state index is 0.0346. The molecule has 0 aromatic heterocycles. The van der Waals surface area contributed by atoms with E-state index >= 15 is 0 Å². The van der Waals surface area contributed by atoms with Gasteiger partial charge in [-0.1, -0.05) is 19.9 Å².